The van der Waals surface area contributed by atoms with Crippen LogP contribution in [0.25, 0.3) is 0 Å². The Kier molecular flexibility index (Phi) is 8.37. The first-order valence-electron chi connectivity index (χ1n) is 10.2. The molecule has 0 spiro atoms. The predicted octanol–water partition coefficient (Wildman–Crippen LogP) is 4.40. The SMILES string of the molecule is CC[C@H](C(=O)N[C@@H](C)CC)N(Cc1ccccc1C)C(=O)Cc1ccccc1F. The highest BCUT2D eigenvalue weighted by atomic mass is 19.1. The van der Waals surface area contributed by atoms with Crippen molar-refractivity contribution in [2.75, 3.05) is 0 Å². The van der Waals surface area contributed by atoms with Gasteiger partial charge < -0.3 is 10.2 Å². The van der Waals surface area contributed by atoms with Crippen LogP contribution in [0.1, 0.15) is 50.3 Å². The quantitative estimate of drug-likeness (QED) is 0.681. The van der Waals surface area contributed by atoms with Crippen LogP contribution >= 0.6 is 0 Å². The van der Waals surface area contributed by atoms with E-state index in [9.17, 15) is 14.0 Å². The Morgan fingerprint density at radius 2 is 1.62 bits per heavy atom. The number of amides is 2. The highest BCUT2D eigenvalue weighted by Crippen LogP contribution is 2.18. The minimum absolute atomic E-state index is 0.0264. The first kappa shape index (κ1) is 22.6. The molecule has 2 aromatic rings. The molecule has 1 N–H and O–H groups in total. The Labute approximate surface area is 173 Å². The molecule has 0 fully saturated rings. The number of hydrogen-bond donors (Lipinski definition) is 1. The number of carbonyl (C=O) groups is 2. The standard InChI is InChI=1S/C24H31FN2O2/c1-5-18(4)26-24(29)22(6-2)27(16-20-13-8-7-11-17(20)3)23(28)15-19-12-9-10-14-21(19)25/h7-14,18,22H,5-6,15-16H2,1-4H3,(H,26,29)/t18-,22+/m0/s1. The summed E-state index contributed by atoms with van der Waals surface area (Å²) in [5.74, 6) is -0.837. The molecule has 0 aliphatic rings. The lowest BCUT2D eigenvalue weighted by atomic mass is 10.0. The van der Waals surface area contributed by atoms with Gasteiger partial charge in [0.1, 0.15) is 11.9 Å². The Morgan fingerprint density at radius 1 is 1.00 bits per heavy atom. The van der Waals surface area contributed by atoms with Gasteiger partial charge in [-0.15, -0.1) is 0 Å². The zero-order valence-electron chi connectivity index (χ0n) is 17.7. The van der Waals surface area contributed by atoms with E-state index < -0.39 is 11.9 Å². The third kappa shape index (κ3) is 6.14. The van der Waals surface area contributed by atoms with Gasteiger partial charge in [-0.05, 0) is 49.4 Å². The molecule has 0 aliphatic carbocycles. The summed E-state index contributed by atoms with van der Waals surface area (Å²) in [6.07, 6.45) is 1.21. The van der Waals surface area contributed by atoms with Gasteiger partial charge >= 0.3 is 0 Å². The second kappa shape index (κ2) is 10.7. The highest BCUT2D eigenvalue weighted by Gasteiger charge is 2.29. The van der Waals surface area contributed by atoms with E-state index >= 15 is 0 Å². The molecule has 2 aromatic carbocycles. The molecule has 0 bridgehead atoms. The molecule has 156 valence electrons. The fourth-order valence-corrected chi connectivity index (χ4v) is 3.24. The molecule has 5 heteroatoms. The van der Waals surface area contributed by atoms with Gasteiger partial charge in [-0.3, -0.25) is 9.59 Å². The van der Waals surface area contributed by atoms with Crippen molar-refractivity contribution < 1.29 is 14.0 Å². The molecule has 0 saturated carbocycles. The van der Waals surface area contributed by atoms with Gasteiger partial charge in [0.05, 0.1) is 6.42 Å². The van der Waals surface area contributed by atoms with Gasteiger partial charge in [-0.1, -0.05) is 56.3 Å². The maximum atomic E-state index is 14.1. The summed E-state index contributed by atoms with van der Waals surface area (Å²) in [6, 6.07) is 13.5. The normalized spacial score (nSPS) is 12.9. The van der Waals surface area contributed by atoms with Gasteiger partial charge in [0.25, 0.3) is 0 Å². The number of nitrogens with one attached hydrogen (secondary N) is 1. The van der Waals surface area contributed by atoms with Crippen molar-refractivity contribution in [3.8, 4) is 0 Å². The second-order valence-electron chi connectivity index (χ2n) is 7.46. The van der Waals surface area contributed by atoms with Crippen LogP contribution in [0.15, 0.2) is 48.5 Å². The van der Waals surface area contributed by atoms with Crippen LogP contribution in [-0.2, 0) is 22.6 Å². The Morgan fingerprint density at radius 3 is 2.21 bits per heavy atom. The topological polar surface area (TPSA) is 49.4 Å². The zero-order chi connectivity index (χ0) is 21.4. The van der Waals surface area contributed by atoms with Crippen LogP contribution in [0.5, 0.6) is 0 Å². The molecule has 2 amide bonds. The molecular weight excluding hydrogens is 367 g/mol. The molecule has 4 nitrogen and oxygen atoms in total. The first-order chi connectivity index (χ1) is 13.9. The van der Waals surface area contributed by atoms with E-state index in [-0.39, 0.29) is 24.3 Å². The minimum Gasteiger partial charge on any atom is -0.352 e. The fraction of sp³-hybridized carbons (Fsp3) is 0.417. The molecular formula is C24H31FN2O2. The van der Waals surface area contributed by atoms with Crippen LogP contribution in [0.4, 0.5) is 4.39 Å². The minimum atomic E-state index is -0.608. The maximum absolute atomic E-state index is 14.1. The lowest BCUT2D eigenvalue weighted by Gasteiger charge is -2.32. The Balaban J connectivity index is 2.33. The number of benzene rings is 2. The number of hydrogen-bond acceptors (Lipinski definition) is 2. The van der Waals surface area contributed by atoms with Crippen molar-refractivity contribution >= 4 is 11.8 Å². The maximum Gasteiger partial charge on any atom is 0.243 e. The fourth-order valence-electron chi connectivity index (χ4n) is 3.24. The van der Waals surface area contributed by atoms with E-state index in [1.807, 2.05) is 52.0 Å². The van der Waals surface area contributed by atoms with E-state index in [2.05, 4.69) is 5.32 Å². The van der Waals surface area contributed by atoms with Gasteiger partial charge in [0.15, 0.2) is 0 Å². The second-order valence-corrected chi connectivity index (χ2v) is 7.46. The predicted molar refractivity (Wildman–Crippen MR) is 114 cm³/mol. The molecule has 29 heavy (non-hydrogen) atoms. The summed E-state index contributed by atoms with van der Waals surface area (Å²) in [7, 11) is 0. The Hall–Kier alpha value is -2.69. The smallest absolute Gasteiger partial charge is 0.243 e. The summed E-state index contributed by atoms with van der Waals surface area (Å²) < 4.78 is 14.1. The number of rotatable bonds is 9. The van der Waals surface area contributed by atoms with E-state index in [1.165, 1.54) is 6.07 Å². The number of nitrogens with zero attached hydrogens (tertiary/aromatic N) is 1. The lowest BCUT2D eigenvalue weighted by molar-refractivity contribution is -0.141. The van der Waals surface area contributed by atoms with Crippen molar-refractivity contribution in [3.63, 3.8) is 0 Å². The average Bonchev–Trinajstić information content (AvgIpc) is 2.70. The first-order valence-corrected chi connectivity index (χ1v) is 10.2. The summed E-state index contributed by atoms with van der Waals surface area (Å²) in [5.41, 5.74) is 2.36. The molecule has 0 heterocycles. The van der Waals surface area contributed by atoms with Gasteiger partial charge in [0.2, 0.25) is 11.8 Å². The van der Waals surface area contributed by atoms with Crippen LogP contribution in [0, 0.1) is 12.7 Å². The number of halogens is 1. The third-order valence-electron chi connectivity index (χ3n) is 5.29. The molecule has 0 unspecified atom stereocenters. The van der Waals surface area contributed by atoms with Gasteiger partial charge in [0, 0.05) is 12.6 Å². The van der Waals surface area contributed by atoms with Crippen LogP contribution in [0.2, 0.25) is 0 Å². The molecule has 0 saturated heterocycles. The van der Waals surface area contributed by atoms with Crippen molar-refractivity contribution in [1.82, 2.24) is 10.2 Å². The van der Waals surface area contributed by atoms with E-state index in [1.54, 1.807) is 23.1 Å². The summed E-state index contributed by atoms with van der Waals surface area (Å²) in [4.78, 5) is 27.7. The lowest BCUT2D eigenvalue weighted by Crippen LogP contribution is -2.51. The number of aryl methyl sites for hydroxylation is 1. The summed E-state index contributed by atoms with van der Waals surface area (Å²) in [5, 5.41) is 2.98. The molecule has 0 aliphatic heterocycles. The van der Waals surface area contributed by atoms with Crippen LogP contribution in [-0.4, -0.2) is 28.8 Å². The zero-order valence-corrected chi connectivity index (χ0v) is 17.7. The molecule has 2 atom stereocenters. The largest absolute Gasteiger partial charge is 0.352 e. The highest BCUT2D eigenvalue weighted by molar-refractivity contribution is 5.88. The number of carbonyl (C=O) groups excluding carboxylic acids is 2. The van der Waals surface area contributed by atoms with Gasteiger partial charge in [-0.2, -0.15) is 0 Å². The molecule has 0 aromatic heterocycles. The molecule has 2 rings (SSSR count). The van der Waals surface area contributed by atoms with Crippen LogP contribution in [0.3, 0.4) is 0 Å². The van der Waals surface area contributed by atoms with Crippen molar-refractivity contribution in [2.45, 2.75) is 65.6 Å². The Bertz CT molecular complexity index is 837. The van der Waals surface area contributed by atoms with E-state index in [0.29, 0.717) is 18.5 Å². The summed E-state index contributed by atoms with van der Waals surface area (Å²) in [6.45, 7) is 8.13. The summed E-state index contributed by atoms with van der Waals surface area (Å²) >= 11 is 0. The monoisotopic (exact) mass is 398 g/mol. The van der Waals surface area contributed by atoms with Gasteiger partial charge in [-0.25, -0.2) is 4.39 Å². The molecule has 0 radical (unpaired) electrons. The van der Waals surface area contributed by atoms with Crippen molar-refractivity contribution in [3.05, 3.63) is 71.0 Å². The average molecular weight is 399 g/mol. The van der Waals surface area contributed by atoms with E-state index in [4.69, 9.17) is 0 Å². The van der Waals surface area contributed by atoms with E-state index in [0.717, 1.165) is 17.5 Å². The van der Waals surface area contributed by atoms with Crippen LogP contribution < -0.4 is 5.32 Å². The van der Waals surface area contributed by atoms with Crippen molar-refractivity contribution in [2.24, 2.45) is 0 Å². The third-order valence-corrected chi connectivity index (χ3v) is 5.29. The van der Waals surface area contributed by atoms with Crippen molar-refractivity contribution in [1.29, 1.82) is 0 Å².